The molecule has 0 aliphatic rings. The van der Waals surface area contributed by atoms with E-state index in [-0.39, 0.29) is 10.5 Å². The third kappa shape index (κ3) is 4.01. The fourth-order valence-electron chi connectivity index (χ4n) is 1.99. The Balaban J connectivity index is 2.26. The van der Waals surface area contributed by atoms with Crippen LogP contribution in [0.2, 0.25) is 0 Å². The summed E-state index contributed by atoms with van der Waals surface area (Å²) >= 11 is 6.37. The monoisotopic (exact) mass is 421 g/mol. The number of alkyl halides is 3. The van der Waals surface area contributed by atoms with Gasteiger partial charge in [-0.25, -0.2) is 0 Å². The number of halogens is 5. The van der Waals surface area contributed by atoms with Gasteiger partial charge >= 0.3 is 6.18 Å². The minimum absolute atomic E-state index is 0.0362. The molecular weight excluding hydrogens is 411 g/mol. The van der Waals surface area contributed by atoms with Crippen LogP contribution in [0.15, 0.2) is 51.4 Å². The van der Waals surface area contributed by atoms with Crippen LogP contribution >= 0.6 is 31.9 Å². The molecule has 0 aliphatic carbocycles. The van der Waals surface area contributed by atoms with Gasteiger partial charge in [-0.2, -0.15) is 13.2 Å². The molecule has 0 aromatic heterocycles. The Labute approximate surface area is 137 Å². The van der Waals surface area contributed by atoms with E-state index in [1.807, 2.05) is 31.2 Å². The number of nitrogens with one attached hydrogen (secondary N) is 1. The van der Waals surface area contributed by atoms with Crippen LogP contribution in [0.1, 0.15) is 24.1 Å². The molecule has 2 aromatic carbocycles. The Morgan fingerprint density at radius 1 is 1.00 bits per heavy atom. The second-order valence-corrected chi connectivity index (χ2v) is 6.29. The van der Waals surface area contributed by atoms with E-state index in [0.29, 0.717) is 5.69 Å². The van der Waals surface area contributed by atoms with E-state index in [9.17, 15) is 13.2 Å². The maximum absolute atomic E-state index is 12.9. The summed E-state index contributed by atoms with van der Waals surface area (Å²) in [5.41, 5.74) is 0.717. The Morgan fingerprint density at radius 2 is 1.67 bits per heavy atom. The summed E-state index contributed by atoms with van der Waals surface area (Å²) in [6, 6.07) is 11.6. The van der Waals surface area contributed by atoms with E-state index in [2.05, 4.69) is 37.2 Å². The molecule has 0 radical (unpaired) electrons. The largest absolute Gasteiger partial charge is 0.417 e. The van der Waals surface area contributed by atoms with Crippen LogP contribution in [0.5, 0.6) is 0 Å². The molecule has 2 rings (SSSR count). The van der Waals surface area contributed by atoms with Crippen LogP contribution in [-0.4, -0.2) is 0 Å². The van der Waals surface area contributed by atoms with Crippen LogP contribution in [0.3, 0.4) is 0 Å². The molecular formula is C15H12Br2F3N. The SMILES string of the molecule is CC(Nc1ccc(Br)c(C(F)(F)F)c1)c1ccccc1Br. The first kappa shape index (κ1) is 16.4. The van der Waals surface area contributed by atoms with Gasteiger partial charge < -0.3 is 5.32 Å². The number of hydrogen-bond donors (Lipinski definition) is 1. The number of anilines is 1. The van der Waals surface area contributed by atoms with Crippen molar-refractivity contribution in [3.8, 4) is 0 Å². The van der Waals surface area contributed by atoms with Crippen molar-refractivity contribution in [3.05, 3.63) is 62.5 Å². The molecule has 0 saturated carbocycles. The van der Waals surface area contributed by atoms with Gasteiger partial charge in [0.25, 0.3) is 0 Å². The Hall–Kier alpha value is -1.01. The molecule has 112 valence electrons. The summed E-state index contributed by atoms with van der Waals surface area (Å²) in [7, 11) is 0. The lowest BCUT2D eigenvalue weighted by Crippen LogP contribution is -2.10. The van der Waals surface area contributed by atoms with Gasteiger partial charge in [-0.15, -0.1) is 0 Å². The summed E-state index contributed by atoms with van der Waals surface area (Å²) in [6.45, 7) is 1.90. The van der Waals surface area contributed by atoms with Gasteiger partial charge in [0.1, 0.15) is 0 Å². The third-order valence-electron chi connectivity index (χ3n) is 3.03. The highest BCUT2D eigenvalue weighted by Crippen LogP contribution is 2.37. The molecule has 0 aliphatic heterocycles. The van der Waals surface area contributed by atoms with Gasteiger partial charge in [-0.3, -0.25) is 0 Å². The normalized spacial score (nSPS) is 13.0. The van der Waals surface area contributed by atoms with Gasteiger partial charge in [0.15, 0.2) is 0 Å². The zero-order chi connectivity index (χ0) is 15.6. The van der Waals surface area contributed by atoms with Crippen molar-refractivity contribution >= 4 is 37.5 Å². The van der Waals surface area contributed by atoms with Crippen molar-refractivity contribution in [2.24, 2.45) is 0 Å². The average Bonchev–Trinajstić information content (AvgIpc) is 2.40. The van der Waals surface area contributed by atoms with Crippen LogP contribution in [0, 0.1) is 0 Å². The highest BCUT2D eigenvalue weighted by Gasteiger charge is 2.33. The maximum Gasteiger partial charge on any atom is 0.417 e. The van der Waals surface area contributed by atoms with E-state index in [4.69, 9.17) is 0 Å². The van der Waals surface area contributed by atoms with Crippen molar-refractivity contribution in [1.29, 1.82) is 0 Å². The van der Waals surface area contributed by atoms with E-state index in [0.717, 1.165) is 16.1 Å². The molecule has 21 heavy (non-hydrogen) atoms. The second kappa shape index (κ2) is 6.40. The van der Waals surface area contributed by atoms with Crippen LogP contribution in [-0.2, 0) is 6.18 Å². The second-order valence-electron chi connectivity index (χ2n) is 4.58. The predicted octanol–water partition coefficient (Wildman–Crippen LogP) is 6.40. The maximum atomic E-state index is 12.9. The molecule has 0 fully saturated rings. The molecule has 1 unspecified atom stereocenters. The number of rotatable bonds is 3. The first-order valence-corrected chi connectivity index (χ1v) is 7.75. The van der Waals surface area contributed by atoms with E-state index < -0.39 is 11.7 Å². The van der Waals surface area contributed by atoms with Crippen LogP contribution < -0.4 is 5.32 Å². The lowest BCUT2D eigenvalue weighted by molar-refractivity contribution is -0.138. The van der Waals surface area contributed by atoms with Crippen molar-refractivity contribution in [1.82, 2.24) is 0 Å². The molecule has 0 bridgehead atoms. The summed E-state index contributed by atoms with van der Waals surface area (Å²) < 4.78 is 39.6. The molecule has 0 spiro atoms. The molecule has 2 aromatic rings. The molecule has 1 nitrogen and oxygen atoms in total. The minimum atomic E-state index is -4.38. The van der Waals surface area contributed by atoms with Crippen molar-refractivity contribution in [2.45, 2.75) is 19.1 Å². The van der Waals surface area contributed by atoms with Crippen LogP contribution in [0.4, 0.5) is 18.9 Å². The highest BCUT2D eigenvalue weighted by atomic mass is 79.9. The molecule has 0 amide bonds. The lowest BCUT2D eigenvalue weighted by Gasteiger charge is -2.18. The van der Waals surface area contributed by atoms with Crippen molar-refractivity contribution < 1.29 is 13.2 Å². The smallest absolute Gasteiger partial charge is 0.378 e. The number of hydrogen-bond acceptors (Lipinski definition) is 1. The van der Waals surface area contributed by atoms with Gasteiger partial charge in [-0.05, 0) is 36.8 Å². The molecule has 0 saturated heterocycles. The first-order chi connectivity index (χ1) is 9.79. The molecule has 1 atom stereocenters. The van der Waals surface area contributed by atoms with Crippen molar-refractivity contribution in [2.75, 3.05) is 5.32 Å². The summed E-state index contributed by atoms with van der Waals surface area (Å²) in [5.74, 6) is 0. The fourth-order valence-corrected chi connectivity index (χ4v) is 3.09. The highest BCUT2D eigenvalue weighted by molar-refractivity contribution is 9.10. The van der Waals surface area contributed by atoms with E-state index >= 15 is 0 Å². The summed E-state index contributed by atoms with van der Waals surface area (Å²) in [4.78, 5) is 0. The molecule has 1 N–H and O–H groups in total. The summed E-state index contributed by atoms with van der Waals surface area (Å²) in [6.07, 6.45) is -4.38. The lowest BCUT2D eigenvalue weighted by atomic mass is 10.1. The van der Waals surface area contributed by atoms with E-state index in [1.165, 1.54) is 6.07 Å². The van der Waals surface area contributed by atoms with Gasteiger partial charge in [-0.1, -0.05) is 50.1 Å². The zero-order valence-corrected chi connectivity index (χ0v) is 14.2. The Kier molecular flexibility index (Phi) is 4.99. The van der Waals surface area contributed by atoms with Gasteiger partial charge in [0.05, 0.1) is 5.56 Å². The fraction of sp³-hybridized carbons (Fsp3) is 0.200. The molecule has 6 heteroatoms. The molecule has 0 heterocycles. The Morgan fingerprint density at radius 3 is 2.29 bits per heavy atom. The quantitative estimate of drug-likeness (QED) is 0.603. The van der Waals surface area contributed by atoms with Crippen molar-refractivity contribution in [3.63, 3.8) is 0 Å². The Bertz CT molecular complexity index is 641. The zero-order valence-electron chi connectivity index (χ0n) is 11.0. The average molecular weight is 423 g/mol. The summed E-state index contributed by atoms with van der Waals surface area (Å²) in [5, 5.41) is 3.09. The first-order valence-electron chi connectivity index (χ1n) is 6.16. The van der Waals surface area contributed by atoms with Crippen LogP contribution in [0.25, 0.3) is 0 Å². The number of benzene rings is 2. The topological polar surface area (TPSA) is 12.0 Å². The van der Waals surface area contributed by atoms with Gasteiger partial charge in [0.2, 0.25) is 0 Å². The minimum Gasteiger partial charge on any atom is -0.378 e. The predicted molar refractivity (Wildman–Crippen MR) is 85.3 cm³/mol. The standard InChI is InChI=1S/C15H12Br2F3N/c1-9(11-4-2-3-5-13(11)16)21-10-6-7-14(17)12(8-10)15(18,19)20/h2-9,21H,1H3. The third-order valence-corrected chi connectivity index (χ3v) is 4.44. The van der Waals surface area contributed by atoms with Gasteiger partial charge in [0, 0.05) is 20.7 Å². The van der Waals surface area contributed by atoms with E-state index in [1.54, 1.807) is 6.07 Å².